The van der Waals surface area contributed by atoms with Crippen LogP contribution in [0.2, 0.25) is 0 Å². The minimum atomic E-state index is -1.56. The van der Waals surface area contributed by atoms with Crippen molar-refractivity contribution in [1.82, 2.24) is 0 Å². The van der Waals surface area contributed by atoms with Crippen LogP contribution >= 0.6 is 0 Å². The number of fused-ring (bicyclic) bond motifs is 7. The first-order valence-corrected chi connectivity index (χ1v) is 7.86. The fraction of sp³-hybridized carbons (Fsp3) is 0. The molecule has 1 heterocycles. The van der Waals surface area contributed by atoms with E-state index in [-0.39, 0.29) is 0 Å². The maximum absolute atomic E-state index is 9.63. The number of benzene rings is 4. The molecule has 0 radical (unpaired) electrons. The van der Waals surface area contributed by atoms with Crippen molar-refractivity contribution in [3.05, 3.63) is 66.7 Å². The first kappa shape index (κ1) is 13.6. The van der Waals surface area contributed by atoms with E-state index in [0.717, 1.165) is 27.1 Å². The van der Waals surface area contributed by atoms with Gasteiger partial charge in [0.05, 0.1) is 0 Å². The number of hydrogen-bond donors (Lipinski definition) is 2. The molecule has 0 spiro atoms. The zero-order valence-electron chi connectivity index (χ0n) is 12.7. The fourth-order valence-corrected chi connectivity index (χ4v) is 3.61. The van der Waals surface area contributed by atoms with Crippen molar-refractivity contribution in [1.29, 1.82) is 0 Å². The highest BCUT2D eigenvalue weighted by Gasteiger charge is 2.20. The Labute approximate surface area is 137 Å². The fourth-order valence-electron chi connectivity index (χ4n) is 3.61. The lowest BCUT2D eigenvalue weighted by Crippen LogP contribution is -2.29. The second-order valence-corrected chi connectivity index (χ2v) is 6.02. The van der Waals surface area contributed by atoms with Crippen LogP contribution in [0, 0.1) is 0 Å². The second kappa shape index (κ2) is 4.84. The van der Waals surface area contributed by atoms with Crippen LogP contribution in [-0.4, -0.2) is 17.2 Å². The number of para-hydroxylation sites is 1. The molecular weight excluding hydrogens is 299 g/mol. The van der Waals surface area contributed by atoms with Gasteiger partial charge in [-0.25, -0.2) is 0 Å². The quantitative estimate of drug-likeness (QED) is 0.367. The molecule has 0 saturated carbocycles. The topological polar surface area (TPSA) is 53.6 Å². The van der Waals surface area contributed by atoms with E-state index in [4.69, 9.17) is 4.42 Å². The van der Waals surface area contributed by atoms with E-state index in [0.29, 0.717) is 11.0 Å². The average Bonchev–Trinajstić information content (AvgIpc) is 2.99. The number of hydrogen-bond acceptors (Lipinski definition) is 3. The molecule has 0 aliphatic carbocycles. The van der Waals surface area contributed by atoms with Gasteiger partial charge in [-0.15, -0.1) is 0 Å². The Morgan fingerprint density at radius 1 is 0.667 bits per heavy atom. The second-order valence-electron chi connectivity index (χ2n) is 6.02. The largest absolute Gasteiger partial charge is 0.492 e. The monoisotopic (exact) mass is 312 g/mol. The first-order chi connectivity index (χ1) is 11.7. The first-order valence-electron chi connectivity index (χ1n) is 7.86. The normalized spacial score (nSPS) is 11.8. The van der Waals surface area contributed by atoms with Crippen molar-refractivity contribution < 1.29 is 14.5 Å². The third-order valence-electron chi connectivity index (χ3n) is 4.68. The van der Waals surface area contributed by atoms with Gasteiger partial charge in [-0.3, -0.25) is 0 Å². The highest BCUT2D eigenvalue weighted by molar-refractivity contribution is 6.62. The Bertz CT molecular complexity index is 1240. The maximum atomic E-state index is 9.63. The summed E-state index contributed by atoms with van der Waals surface area (Å²) in [5.41, 5.74) is 1.67. The lowest BCUT2D eigenvalue weighted by atomic mass is 9.79. The van der Waals surface area contributed by atoms with Gasteiger partial charge < -0.3 is 14.5 Å². The molecule has 3 nitrogen and oxygen atoms in total. The smallest absolute Gasteiger partial charge is 0.456 e. The van der Waals surface area contributed by atoms with Crippen molar-refractivity contribution in [2.75, 3.05) is 0 Å². The summed E-state index contributed by atoms with van der Waals surface area (Å²) in [6, 6.07) is 22.0. The van der Waals surface area contributed by atoms with E-state index in [1.165, 1.54) is 10.8 Å². The van der Waals surface area contributed by atoms with E-state index < -0.39 is 7.12 Å². The molecule has 2 N–H and O–H groups in total. The van der Waals surface area contributed by atoms with Crippen LogP contribution in [0.4, 0.5) is 0 Å². The van der Waals surface area contributed by atoms with Gasteiger partial charge in [0.2, 0.25) is 0 Å². The molecule has 0 unspecified atom stereocenters. The Morgan fingerprint density at radius 3 is 2.29 bits per heavy atom. The molecule has 24 heavy (non-hydrogen) atoms. The molecule has 0 atom stereocenters. The predicted molar refractivity (Wildman–Crippen MR) is 98.6 cm³/mol. The zero-order valence-corrected chi connectivity index (χ0v) is 12.7. The molecule has 0 saturated heterocycles. The summed E-state index contributed by atoms with van der Waals surface area (Å²) < 4.78 is 5.98. The Morgan fingerprint density at radius 2 is 1.42 bits per heavy atom. The van der Waals surface area contributed by atoms with Gasteiger partial charge in [-0.1, -0.05) is 60.7 Å². The van der Waals surface area contributed by atoms with Gasteiger partial charge in [0, 0.05) is 21.6 Å². The molecule has 4 aromatic carbocycles. The van der Waals surface area contributed by atoms with E-state index in [1.807, 2.05) is 36.4 Å². The Balaban J connectivity index is 2.09. The van der Waals surface area contributed by atoms with E-state index in [9.17, 15) is 10.0 Å². The van der Waals surface area contributed by atoms with E-state index in [2.05, 4.69) is 24.3 Å². The lowest BCUT2D eigenvalue weighted by Gasteiger charge is -2.05. The van der Waals surface area contributed by atoms with Crippen molar-refractivity contribution in [3.63, 3.8) is 0 Å². The van der Waals surface area contributed by atoms with Crippen LogP contribution in [0.25, 0.3) is 43.5 Å². The summed E-state index contributed by atoms with van der Waals surface area (Å²) in [6.45, 7) is 0. The van der Waals surface area contributed by atoms with Crippen LogP contribution < -0.4 is 5.46 Å². The summed E-state index contributed by atoms with van der Waals surface area (Å²) >= 11 is 0. The molecule has 0 bridgehead atoms. The predicted octanol–water partition coefficient (Wildman–Crippen LogP) is 3.57. The Hall–Kier alpha value is -2.82. The Kier molecular flexibility index (Phi) is 2.74. The SMILES string of the molecule is OB(O)c1cccc2c1oc1ccc3ccc4ccccc4c3c12. The summed E-state index contributed by atoms with van der Waals surface area (Å²) in [5, 5.41) is 25.8. The van der Waals surface area contributed by atoms with Gasteiger partial charge in [-0.05, 0) is 22.2 Å². The highest BCUT2D eigenvalue weighted by atomic mass is 16.4. The summed E-state index contributed by atoms with van der Waals surface area (Å²) in [4.78, 5) is 0. The van der Waals surface area contributed by atoms with E-state index >= 15 is 0 Å². The number of furan rings is 1. The van der Waals surface area contributed by atoms with Gasteiger partial charge in [0.15, 0.2) is 0 Å². The lowest BCUT2D eigenvalue weighted by molar-refractivity contribution is 0.425. The molecule has 0 aliphatic heterocycles. The zero-order chi connectivity index (χ0) is 16.3. The van der Waals surface area contributed by atoms with Gasteiger partial charge in [0.25, 0.3) is 0 Å². The van der Waals surface area contributed by atoms with Crippen molar-refractivity contribution >= 4 is 56.1 Å². The molecule has 0 fully saturated rings. The van der Waals surface area contributed by atoms with Gasteiger partial charge in [0.1, 0.15) is 11.2 Å². The van der Waals surface area contributed by atoms with Crippen LogP contribution in [0.3, 0.4) is 0 Å². The van der Waals surface area contributed by atoms with Crippen LogP contribution in [-0.2, 0) is 0 Å². The molecule has 4 heteroatoms. The minimum Gasteiger partial charge on any atom is -0.456 e. The minimum absolute atomic E-state index is 0.386. The molecule has 1 aromatic heterocycles. The van der Waals surface area contributed by atoms with E-state index in [1.54, 1.807) is 6.07 Å². The van der Waals surface area contributed by atoms with Crippen molar-refractivity contribution in [2.24, 2.45) is 0 Å². The van der Waals surface area contributed by atoms with Crippen molar-refractivity contribution in [3.8, 4) is 0 Å². The number of rotatable bonds is 1. The van der Waals surface area contributed by atoms with Crippen LogP contribution in [0.5, 0.6) is 0 Å². The summed E-state index contributed by atoms with van der Waals surface area (Å²) in [6.07, 6.45) is 0. The summed E-state index contributed by atoms with van der Waals surface area (Å²) in [7, 11) is -1.56. The van der Waals surface area contributed by atoms with Crippen molar-refractivity contribution in [2.45, 2.75) is 0 Å². The third kappa shape index (κ3) is 1.75. The highest BCUT2D eigenvalue weighted by Crippen LogP contribution is 2.37. The molecule has 5 rings (SSSR count). The molecule has 0 amide bonds. The third-order valence-corrected chi connectivity index (χ3v) is 4.68. The molecule has 114 valence electrons. The average molecular weight is 312 g/mol. The van der Waals surface area contributed by atoms with Gasteiger partial charge >= 0.3 is 7.12 Å². The maximum Gasteiger partial charge on any atom is 0.492 e. The standard InChI is InChI=1S/C20H13BO3/c22-21(23)16-7-3-6-15-19-17(24-20(15)16)11-10-13-9-8-12-4-1-2-5-14(12)18(13)19/h1-11,22-23H. The molecular formula is C20H13BO3. The summed E-state index contributed by atoms with van der Waals surface area (Å²) in [5.74, 6) is 0. The molecule has 0 aliphatic rings. The molecule has 5 aromatic rings. The van der Waals surface area contributed by atoms with Crippen LogP contribution in [0.15, 0.2) is 71.1 Å². The van der Waals surface area contributed by atoms with Crippen LogP contribution in [0.1, 0.15) is 0 Å². The van der Waals surface area contributed by atoms with Gasteiger partial charge in [-0.2, -0.15) is 0 Å².